The summed E-state index contributed by atoms with van der Waals surface area (Å²) in [4.78, 5) is 0. The smallest absolute Gasteiger partial charge is 0.0938 e. The van der Waals surface area contributed by atoms with Gasteiger partial charge in [-0.15, -0.1) is 0 Å². The van der Waals surface area contributed by atoms with E-state index in [-0.39, 0.29) is 0 Å². The normalized spacial score (nSPS) is 24.6. The number of hydrogen-bond acceptors (Lipinski definition) is 2. The largest absolute Gasteiger partial charge is 0.472 e. The molecule has 1 aliphatic rings. The molecule has 0 radical (unpaired) electrons. The van der Waals surface area contributed by atoms with Crippen LogP contribution in [0.5, 0.6) is 0 Å². The summed E-state index contributed by atoms with van der Waals surface area (Å²) in [5.74, 6) is 1.27. The first kappa shape index (κ1) is 13.7. The maximum atomic E-state index is 6.22. The van der Waals surface area contributed by atoms with E-state index in [9.17, 15) is 0 Å². The Morgan fingerprint density at radius 3 is 2.72 bits per heavy atom. The fourth-order valence-corrected chi connectivity index (χ4v) is 2.95. The minimum Gasteiger partial charge on any atom is -0.472 e. The van der Waals surface area contributed by atoms with Crippen LogP contribution < -0.4 is 0 Å². The number of furan rings is 1. The van der Waals surface area contributed by atoms with Crippen molar-refractivity contribution < 1.29 is 9.15 Å². The number of hydrogen-bond donors (Lipinski definition) is 0. The third kappa shape index (κ3) is 3.38. The monoisotopic (exact) mass is 250 g/mol. The maximum absolute atomic E-state index is 6.22. The first-order valence-corrected chi connectivity index (χ1v) is 7.48. The Kier molecular flexibility index (Phi) is 5.30. The summed E-state index contributed by atoms with van der Waals surface area (Å²) in [5.41, 5.74) is 1.32. The van der Waals surface area contributed by atoms with Crippen molar-refractivity contribution in [3.63, 3.8) is 0 Å². The van der Waals surface area contributed by atoms with Gasteiger partial charge in [0.1, 0.15) is 0 Å². The molecule has 0 N–H and O–H groups in total. The van der Waals surface area contributed by atoms with Crippen molar-refractivity contribution in [1.29, 1.82) is 0 Å². The van der Waals surface area contributed by atoms with Crippen LogP contribution in [0.3, 0.4) is 0 Å². The second-order valence-electron chi connectivity index (χ2n) is 5.50. The van der Waals surface area contributed by atoms with E-state index in [2.05, 4.69) is 19.9 Å². The fraction of sp³-hybridized carbons (Fsp3) is 0.750. The summed E-state index contributed by atoms with van der Waals surface area (Å²) in [7, 11) is 0. The molecule has 0 amide bonds. The lowest BCUT2D eigenvalue weighted by Gasteiger charge is -2.32. The highest BCUT2D eigenvalue weighted by Gasteiger charge is 2.28. The lowest BCUT2D eigenvalue weighted by atomic mass is 9.82. The van der Waals surface area contributed by atoms with Gasteiger partial charge >= 0.3 is 0 Å². The average molecular weight is 250 g/mol. The van der Waals surface area contributed by atoms with E-state index in [0.29, 0.717) is 12.0 Å². The lowest BCUT2D eigenvalue weighted by Crippen LogP contribution is -2.27. The zero-order valence-corrected chi connectivity index (χ0v) is 11.7. The molecular weight excluding hydrogens is 224 g/mol. The van der Waals surface area contributed by atoms with Gasteiger partial charge in [-0.05, 0) is 30.4 Å². The molecule has 102 valence electrons. The van der Waals surface area contributed by atoms with Gasteiger partial charge in [0.2, 0.25) is 0 Å². The van der Waals surface area contributed by atoms with Gasteiger partial charge in [0.05, 0.1) is 18.6 Å². The highest BCUT2D eigenvalue weighted by Crippen LogP contribution is 2.35. The zero-order valence-electron chi connectivity index (χ0n) is 11.7. The van der Waals surface area contributed by atoms with E-state index in [4.69, 9.17) is 9.15 Å². The van der Waals surface area contributed by atoms with Gasteiger partial charge in [-0.25, -0.2) is 0 Å². The molecule has 0 spiro atoms. The highest BCUT2D eigenvalue weighted by molar-refractivity contribution is 5.15. The molecule has 18 heavy (non-hydrogen) atoms. The summed E-state index contributed by atoms with van der Waals surface area (Å²) < 4.78 is 11.5. The van der Waals surface area contributed by atoms with Gasteiger partial charge in [0.15, 0.2) is 0 Å². The van der Waals surface area contributed by atoms with Crippen LogP contribution in [-0.4, -0.2) is 12.7 Å². The van der Waals surface area contributed by atoms with Crippen LogP contribution in [0.15, 0.2) is 23.0 Å². The Morgan fingerprint density at radius 1 is 1.28 bits per heavy atom. The third-order valence-electron chi connectivity index (χ3n) is 4.37. The molecule has 1 aliphatic carbocycles. The second-order valence-corrected chi connectivity index (χ2v) is 5.50. The summed E-state index contributed by atoms with van der Waals surface area (Å²) in [6, 6.07) is 2.10. The molecule has 1 saturated carbocycles. The van der Waals surface area contributed by atoms with Crippen LogP contribution in [0.4, 0.5) is 0 Å². The van der Waals surface area contributed by atoms with Crippen LogP contribution in [-0.2, 0) is 4.74 Å². The van der Waals surface area contributed by atoms with Gasteiger partial charge in [-0.3, -0.25) is 0 Å². The van der Waals surface area contributed by atoms with Crippen LogP contribution in [0, 0.1) is 5.92 Å². The average Bonchev–Trinajstić information content (AvgIpc) is 2.94. The van der Waals surface area contributed by atoms with Crippen molar-refractivity contribution >= 4 is 0 Å². The third-order valence-corrected chi connectivity index (χ3v) is 4.37. The topological polar surface area (TPSA) is 22.4 Å². The van der Waals surface area contributed by atoms with Crippen molar-refractivity contribution in [2.24, 2.45) is 5.92 Å². The Labute approximate surface area is 111 Å². The second kappa shape index (κ2) is 6.98. The van der Waals surface area contributed by atoms with Crippen molar-refractivity contribution in [1.82, 2.24) is 0 Å². The molecule has 2 atom stereocenters. The Balaban J connectivity index is 1.92. The maximum Gasteiger partial charge on any atom is 0.0938 e. The van der Waals surface area contributed by atoms with Crippen molar-refractivity contribution in [2.75, 3.05) is 6.61 Å². The Bertz CT molecular complexity index is 314. The summed E-state index contributed by atoms with van der Waals surface area (Å²) in [6.45, 7) is 5.43. The van der Waals surface area contributed by atoms with Gasteiger partial charge < -0.3 is 9.15 Å². The Hall–Kier alpha value is -0.760. The minimum atomic E-state index is 0.400. The van der Waals surface area contributed by atoms with Gasteiger partial charge in [-0.2, -0.15) is 0 Å². The van der Waals surface area contributed by atoms with Crippen LogP contribution in [0.1, 0.15) is 63.9 Å². The SMILES string of the molecule is CCC(CC)CO[C@H]1CCCC[C@@H]1c1ccoc1. The van der Waals surface area contributed by atoms with Crippen molar-refractivity contribution in [2.45, 2.75) is 64.4 Å². The molecule has 0 aromatic carbocycles. The summed E-state index contributed by atoms with van der Waals surface area (Å²) in [5, 5.41) is 0. The number of rotatable bonds is 6. The molecule has 2 heteroatoms. The van der Waals surface area contributed by atoms with E-state index in [0.717, 1.165) is 12.5 Å². The molecule has 2 nitrogen and oxygen atoms in total. The standard InChI is InChI=1S/C16H26O2/c1-3-13(4-2)11-18-16-8-6-5-7-15(16)14-9-10-17-12-14/h9-10,12-13,15-16H,3-8,11H2,1-2H3/t15-,16+/m1/s1. The molecule has 0 unspecified atom stereocenters. The summed E-state index contributed by atoms with van der Waals surface area (Å²) >= 11 is 0. The molecule has 1 aromatic heterocycles. The van der Waals surface area contributed by atoms with E-state index < -0.39 is 0 Å². The van der Waals surface area contributed by atoms with E-state index in [1.54, 1.807) is 6.26 Å². The molecule has 1 fully saturated rings. The predicted octanol–water partition coefficient (Wildman–Crippen LogP) is 4.76. The molecular formula is C16H26O2. The minimum absolute atomic E-state index is 0.400. The van der Waals surface area contributed by atoms with Crippen LogP contribution in [0.2, 0.25) is 0 Å². The van der Waals surface area contributed by atoms with Gasteiger partial charge in [0, 0.05) is 12.5 Å². The van der Waals surface area contributed by atoms with E-state index in [1.165, 1.54) is 44.1 Å². The molecule has 0 bridgehead atoms. The highest BCUT2D eigenvalue weighted by atomic mass is 16.5. The van der Waals surface area contributed by atoms with Crippen molar-refractivity contribution in [3.8, 4) is 0 Å². The van der Waals surface area contributed by atoms with E-state index >= 15 is 0 Å². The molecule has 2 rings (SSSR count). The summed E-state index contributed by atoms with van der Waals surface area (Å²) in [6.07, 6.45) is 11.6. The van der Waals surface area contributed by atoms with Gasteiger partial charge in [-0.1, -0.05) is 39.5 Å². The fourth-order valence-electron chi connectivity index (χ4n) is 2.95. The first-order chi connectivity index (χ1) is 8.85. The number of ether oxygens (including phenoxy) is 1. The quantitative estimate of drug-likeness (QED) is 0.726. The van der Waals surface area contributed by atoms with Crippen LogP contribution in [0.25, 0.3) is 0 Å². The molecule has 1 heterocycles. The Morgan fingerprint density at radius 2 is 2.06 bits per heavy atom. The van der Waals surface area contributed by atoms with Crippen molar-refractivity contribution in [3.05, 3.63) is 24.2 Å². The lowest BCUT2D eigenvalue weighted by molar-refractivity contribution is -0.00702. The predicted molar refractivity (Wildman–Crippen MR) is 73.7 cm³/mol. The van der Waals surface area contributed by atoms with Gasteiger partial charge in [0.25, 0.3) is 0 Å². The zero-order chi connectivity index (χ0) is 12.8. The molecule has 0 aliphatic heterocycles. The first-order valence-electron chi connectivity index (χ1n) is 7.48. The molecule has 0 saturated heterocycles. The van der Waals surface area contributed by atoms with Crippen LogP contribution >= 0.6 is 0 Å². The van der Waals surface area contributed by atoms with E-state index in [1.807, 2.05) is 6.26 Å². The molecule has 1 aromatic rings.